The van der Waals surface area contributed by atoms with Crippen LogP contribution in [-0.4, -0.2) is 77.4 Å². The smallest absolute Gasteiger partial charge is 0.415 e. The third-order valence-electron chi connectivity index (χ3n) is 6.63. The van der Waals surface area contributed by atoms with Gasteiger partial charge in [0, 0.05) is 43.9 Å². The number of hydrogen-bond donors (Lipinski definition) is 1. The zero-order valence-electron chi connectivity index (χ0n) is 23.1. The average molecular weight is 517 g/mol. The van der Waals surface area contributed by atoms with Crippen LogP contribution in [0.3, 0.4) is 0 Å². The van der Waals surface area contributed by atoms with Crippen molar-refractivity contribution in [1.29, 1.82) is 0 Å². The van der Waals surface area contributed by atoms with E-state index in [1.165, 1.54) is 4.90 Å². The zero-order chi connectivity index (χ0) is 27.1. The molecule has 0 radical (unpaired) electrons. The Balaban J connectivity index is 1.58. The van der Waals surface area contributed by atoms with E-state index in [9.17, 15) is 14.4 Å². The Morgan fingerprint density at radius 1 is 1.05 bits per heavy atom. The maximum atomic E-state index is 13.2. The lowest BCUT2D eigenvalue weighted by Crippen LogP contribution is -2.55. The molecule has 1 aromatic carbocycles. The second kappa shape index (κ2) is 10.0. The topological polar surface area (TPSA) is 101 Å². The Bertz CT molecular complexity index is 1060. The molecule has 1 fully saturated rings. The van der Waals surface area contributed by atoms with Crippen molar-refractivity contribution in [2.75, 3.05) is 36.5 Å². The van der Waals surface area contributed by atoms with Crippen molar-refractivity contribution >= 4 is 29.5 Å². The molecule has 1 saturated heterocycles. The summed E-state index contributed by atoms with van der Waals surface area (Å²) < 4.78 is 17.4. The highest BCUT2D eigenvalue weighted by Gasteiger charge is 2.40. The molecule has 0 aliphatic carbocycles. The molecule has 2 atom stereocenters. The molecule has 10 nitrogen and oxygen atoms in total. The Morgan fingerprint density at radius 2 is 1.73 bits per heavy atom. The summed E-state index contributed by atoms with van der Waals surface area (Å²) in [6, 6.07) is 3.20. The first-order chi connectivity index (χ1) is 17.3. The second-order valence-electron chi connectivity index (χ2n) is 11.9. The van der Waals surface area contributed by atoms with Crippen LogP contribution in [0.25, 0.3) is 0 Å². The van der Waals surface area contributed by atoms with Crippen molar-refractivity contribution in [3.8, 4) is 5.75 Å². The molecular formula is C27H40N4O6. The van der Waals surface area contributed by atoms with Gasteiger partial charge in [-0.05, 0) is 60.5 Å². The standard InChI is InChI=1S/C27H40N4O6/c1-8-20-23(32)28-19-13-17-15-29-10-11-30(24(33)36-26(2,3)4)16-18(29)9-12-35-22(17)14-21(19)31(20)25(34)37-27(5,6)7/h13-14,18,20H,8-12,15-16H2,1-7H3,(H,28,32)/t18-,20?/m0/s1. The van der Waals surface area contributed by atoms with E-state index in [1.54, 1.807) is 25.7 Å². The van der Waals surface area contributed by atoms with Crippen LogP contribution < -0.4 is 15.0 Å². The quantitative estimate of drug-likeness (QED) is 0.592. The molecule has 0 saturated carbocycles. The predicted molar refractivity (Wildman–Crippen MR) is 140 cm³/mol. The molecule has 0 bridgehead atoms. The molecule has 4 rings (SSSR count). The molecule has 10 heteroatoms. The van der Waals surface area contributed by atoms with Gasteiger partial charge >= 0.3 is 12.2 Å². The summed E-state index contributed by atoms with van der Waals surface area (Å²) in [6.07, 6.45) is 0.353. The number of hydrogen-bond acceptors (Lipinski definition) is 7. The molecule has 204 valence electrons. The number of fused-ring (bicyclic) bond motifs is 3. The fourth-order valence-electron chi connectivity index (χ4n) is 4.97. The lowest BCUT2D eigenvalue weighted by atomic mass is 10.0. The van der Waals surface area contributed by atoms with Crippen LogP contribution >= 0.6 is 0 Å². The number of carbonyl (C=O) groups excluding carboxylic acids is 3. The first kappa shape index (κ1) is 27.0. The van der Waals surface area contributed by atoms with Gasteiger partial charge in [0.25, 0.3) is 0 Å². The minimum Gasteiger partial charge on any atom is -0.493 e. The van der Waals surface area contributed by atoms with Gasteiger partial charge in [-0.3, -0.25) is 14.6 Å². The third kappa shape index (κ3) is 6.11. The van der Waals surface area contributed by atoms with E-state index in [-0.39, 0.29) is 18.0 Å². The van der Waals surface area contributed by atoms with Crippen molar-refractivity contribution in [3.63, 3.8) is 0 Å². The summed E-state index contributed by atoms with van der Waals surface area (Å²) in [5.74, 6) is 0.447. The van der Waals surface area contributed by atoms with Crippen LogP contribution in [-0.2, 0) is 20.8 Å². The van der Waals surface area contributed by atoms with Crippen LogP contribution in [0.2, 0.25) is 0 Å². The van der Waals surface area contributed by atoms with Gasteiger partial charge in [0.2, 0.25) is 5.91 Å². The van der Waals surface area contributed by atoms with Gasteiger partial charge in [-0.1, -0.05) is 6.92 Å². The van der Waals surface area contributed by atoms with Crippen LogP contribution in [0, 0.1) is 0 Å². The minimum atomic E-state index is -0.694. The number of rotatable bonds is 1. The summed E-state index contributed by atoms with van der Waals surface area (Å²) in [4.78, 5) is 44.3. The van der Waals surface area contributed by atoms with E-state index >= 15 is 0 Å². The van der Waals surface area contributed by atoms with E-state index in [1.807, 2.05) is 39.8 Å². The number of carbonyl (C=O) groups is 3. The highest BCUT2D eigenvalue weighted by molar-refractivity contribution is 6.10. The summed E-state index contributed by atoms with van der Waals surface area (Å²) in [6.45, 7) is 15.8. The normalized spacial score (nSPS) is 22.4. The van der Waals surface area contributed by atoms with Gasteiger partial charge in [0.1, 0.15) is 23.0 Å². The molecule has 1 N–H and O–H groups in total. The summed E-state index contributed by atoms with van der Waals surface area (Å²) in [5.41, 5.74) is 0.831. The van der Waals surface area contributed by atoms with Gasteiger partial charge in [-0.2, -0.15) is 0 Å². The van der Waals surface area contributed by atoms with Crippen molar-refractivity contribution in [3.05, 3.63) is 17.7 Å². The van der Waals surface area contributed by atoms with Gasteiger partial charge < -0.3 is 24.4 Å². The molecule has 1 unspecified atom stereocenters. The minimum absolute atomic E-state index is 0.128. The average Bonchev–Trinajstić information content (AvgIpc) is 2.75. The summed E-state index contributed by atoms with van der Waals surface area (Å²) >= 11 is 0. The predicted octanol–water partition coefficient (Wildman–Crippen LogP) is 4.36. The molecule has 3 amide bonds. The van der Waals surface area contributed by atoms with Crippen LogP contribution in [0.1, 0.15) is 66.9 Å². The van der Waals surface area contributed by atoms with Gasteiger partial charge in [-0.25, -0.2) is 9.59 Å². The Hall–Kier alpha value is -3.01. The molecule has 3 heterocycles. The zero-order valence-corrected chi connectivity index (χ0v) is 23.1. The van der Waals surface area contributed by atoms with Crippen LogP contribution in [0.4, 0.5) is 21.0 Å². The SMILES string of the molecule is CCC1C(=O)Nc2cc3c(cc2N1C(=O)OC(C)(C)C)OCC[C@H]1CN(C(=O)OC(C)(C)C)CCN1C3. The number of nitrogens with zero attached hydrogens (tertiary/aromatic N) is 3. The van der Waals surface area contributed by atoms with E-state index in [2.05, 4.69) is 10.2 Å². The highest BCUT2D eigenvalue weighted by atomic mass is 16.6. The molecule has 3 aliphatic rings. The number of amides is 3. The van der Waals surface area contributed by atoms with Gasteiger partial charge in [0.05, 0.1) is 18.0 Å². The highest BCUT2D eigenvalue weighted by Crippen LogP contribution is 2.40. The van der Waals surface area contributed by atoms with E-state index in [0.717, 1.165) is 12.0 Å². The lowest BCUT2D eigenvalue weighted by molar-refractivity contribution is -0.117. The molecule has 37 heavy (non-hydrogen) atoms. The largest absolute Gasteiger partial charge is 0.493 e. The second-order valence-corrected chi connectivity index (χ2v) is 11.9. The monoisotopic (exact) mass is 516 g/mol. The molecule has 0 aromatic heterocycles. The Morgan fingerprint density at radius 3 is 2.38 bits per heavy atom. The number of piperazine rings is 1. The number of ether oxygens (including phenoxy) is 3. The van der Waals surface area contributed by atoms with Crippen molar-refractivity contribution in [2.45, 2.75) is 91.1 Å². The summed E-state index contributed by atoms with van der Waals surface area (Å²) in [5, 5.41) is 2.98. The molecule has 3 aliphatic heterocycles. The fraction of sp³-hybridized carbons (Fsp3) is 0.667. The van der Waals surface area contributed by atoms with Crippen LogP contribution in [0.5, 0.6) is 5.75 Å². The maximum Gasteiger partial charge on any atom is 0.415 e. The Kier molecular flexibility index (Phi) is 7.34. The van der Waals surface area contributed by atoms with Crippen molar-refractivity contribution in [1.82, 2.24) is 9.80 Å². The number of anilines is 2. The summed E-state index contributed by atoms with van der Waals surface area (Å²) in [7, 11) is 0. The van der Waals surface area contributed by atoms with Gasteiger partial charge in [0.15, 0.2) is 0 Å². The number of nitrogens with one attached hydrogen (secondary N) is 1. The molecular weight excluding hydrogens is 476 g/mol. The number of benzene rings is 1. The van der Waals surface area contributed by atoms with Crippen LogP contribution in [0.15, 0.2) is 12.1 Å². The van der Waals surface area contributed by atoms with Gasteiger partial charge in [-0.15, -0.1) is 0 Å². The first-order valence-corrected chi connectivity index (χ1v) is 13.1. The Labute approximate surface area is 219 Å². The molecule has 0 spiro atoms. The van der Waals surface area contributed by atoms with E-state index < -0.39 is 23.3 Å². The van der Waals surface area contributed by atoms with Crippen molar-refractivity contribution in [2.24, 2.45) is 0 Å². The lowest BCUT2D eigenvalue weighted by Gasteiger charge is -2.43. The third-order valence-corrected chi connectivity index (χ3v) is 6.63. The molecule has 1 aromatic rings. The fourth-order valence-corrected chi connectivity index (χ4v) is 4.97. The maximum absolute atomic E-state index is 13.2. The van der Waals surface area contributed by atoms with Crippen molar-refractivity contribution < 1.29 is 28.6 Å². The first-order valence-electron chi connectivity index (χ1n) is 13.1. The van der Waals surface area contributed by atoms with E-state index in [0.29, 0.717) is 56.3 Å². The van der Waals surface area contributed by atoms with E-state index in [4.69, 9.17) is 14.2 Å².